The van der Waals surface area contributed by atoms with Gasteiger partial charge in [-0.3, -0.25) is 4.79 Å². The van der Waals surface area contributed by atoms with Gasteiger partial charge < -0.3 is 76.0 Å². The molecule has 16 heteroatoms. The van der Waals surface area contributed by atoms with E-state index in [9.17, 15) is 50.8 Å². The van der Waals surface area contributed by atoms with Crippen LogP contribution in [0, 0.1) is 17.8 Å². The minimum Gasteiger partial charge on any atom is -0.394 e. The van der Waals surface area contributed by atoms with Crippen molar-refractivity contribution >= 4 is 5.91 Å². The third kappa shape index (κ3) is 9.41. The van der Waals surface area contributed by atoms with E-state index in [2.05, 4.69) is 5.32 Å². The first kappa shape index (κ1) is 39.1. The highest BCUT2D eigenvalue weighted by Crippen LogP contribution is 2.38. The molecule has 3 aliphatic rings. The molecule has 3 heterocycles. The Kier molecular flexibility index (Phi) is 13.9. The molecular weight excluding hydrogens is 612 g/mol. The lowest BCUT2D eigenvalue weighted by Crippen LogP contribution is -2.66. The van der Waals surface area contributed by atoms with Crippen molar-refractivity contribution in [3.63, 3.8) is 0 Å². The summed E-state index contributed by atoms with van der Waals surface area (Å²) in [5.74, 6) is -4.68. The van der Waals surface area contributed by atoms with Gasteiger partial charge in [-0.15, -0.1) is 0 Å². The first-order chi connectivity index (χ1) is 21.4. The number of rotatable bonds is 12. The van der Waals surface area contributed by atoms with Gasteiger partial charge in [-0.05, 0) is 18.8 Å². The van der Waals surface area contributed by atoms with Crippen molar-refractivity contribution in [3.05, 3.63) is 12.2 Å². The molecule has 46 heavy (non-hydrogen) atoms. The van der Waals surface area contributed by atoms with E-state index in [0.29, 0.717) is 0 Å². The minimum absolute atomic E-state index is 0.0313. The van der Waals surface area contributed by atoms with E-state index in [-0.39, 0.29) is 24.7 Å². The molecule has 0 aliphatic carbocycles. The molecule has 3 rings (SSSR count). The molecule has 0 spiro atoms. The van der Waals surface area contributed by atoms with E-state index in [0.717, 1.165) is 0 Å². The van der Waals surface area contributed by atoms with Gasteiger partial charge in [0.1, 0.15) is 24.4 Å². The summed E-state index contributed by atoms with van der Waals surface area (Å²) in [6.07, 6.45) is -13.7. The van der Waals surface area contributed by atoms with E-state index in [1.165, 1.54) is 0 Å². The van der Waals surface area contributed by atoms with Gasteiger partial charge in [-0.2, -0.15) is 0 Å². The van der Waals surface area contributed by atoms with Crippen LogP contribution in [0.25, 0.3) is 0 Å². The van der Waals surface area contributed by atoms with Gasteiger partial charge >= 0.3 is 0 Å². The molecule has 16 atom stereocenters. The quantitative estimate of drug-likeness (QED) is 0.0904. The zero-order valence-electron chi connectivity index (χ0n) is 26.9. The number of carbonyl (C=O) groups is 1. The largest absolute Gasteiger partial charge is 0.394 e. The van der Waals surface area contributed by atoms with Gasteiger partial charge in [0.2, 0.25) is 5.91 Å². The Morgan fingerprint density at radius 1 is 1.00 bits per heavy atom. The second-order valence-electron chi connectivity index (χ2n) is 13.5. The van der Waals surface area contributed by atoms with Crippen LogP contribution in [-0.2, 0) is 23.7 Å². The first-order valence-electron chi connectivity index (χ1n) is 15.9. The van der Waals surface area contributed by atoms with Crippen LogP contribution in [-0.4, -0.2) is 150 Å². The summed E-state index contributed by atoms with van der Waals surface area (Å²) in [5, 5.41) is 97.4. The van der Waals surface area contributed by atoms with Gasteiger partial charge in [0.05, 0.1) is 61.2 Å². The predicted octanol–water partition coefficient (Wildman–Crippen LogP) is -3.45. The molecule has 0 aromatic carbocycles. The maximum atomic E-state index is 13.8. The van der Waals surface area contributed by atoms with Crippen LogP contribution in [0.1, 0.15) is 53.9 Å². The number of aliphatic hydroxyl groups is 9. The second kappa shape index (κ2) is 16.4. The van der Waals surface area contributed by atoms with Gasteiger partial charge in [-0.1, -0.05) is 39.8 Å². The molecule has 3 aliphatic heterocycles. The molecular formula is C30H54N2O14. The highest BCUT2D eigenvalue weighted by molar-refractivity contribution is 5.80. The fourth-order valence-corrected chi connectivity index (χ4v) is 5.98. The van der Waals surface area contributed by atoms with Gasteiger partial charge in [0.25, 0.3) is 0 Å². The van der Waals surface area contributed by atoms with Gasteiger partial charge in [0, 0.05) is 19.3 Å². The monoisotopic (exact) mass is 666 g/mol. The lowest BCUT2D eigenvalue weighted by atomic mass is 9.81. The third-order valence-corrected chi connectivity index (χ3v) is 8.91. The topological polar surface area (TPSA) is 274 Å². The summed E-state index contributed by atoms with van der Waals surface area (Å²) in [6.45, 7) is 8.10. The molecule has 11 unspecified atom stereocenters. The van der Waals surface area contributed by atoms with Crippen LogP contribution >= 0.6 is 0 Å². The van der Waals surface area contributed by atoms with Gasteiger partial charge in [0.15, 0.2) is 18.4 Å². The fourth-order valence-electron chi connectivity index (χ4n) is 5.98. The Morgan fingerprint density at radius 3 is 2.24 bits per heavy atom. The average Bonchev–Trinajstić information content (AvgIpc) is 2.96. The van der Waals surface area contributed by atoms with Crippen molar-refractivity contribution in [1.82, 2.24) is 5.32 Å². The summed E-state index contributed by atoms with van der Waals surface area (Å²) in [7, 11) is 0. The van der Waals surface area contributed by atoms with Gasteiger partial charge in [-0.25, -0.2) is 0 Å². The number of hydrogen-bond donors (Lipinski definition) is 11. The summed E-state index contributed by atoms with van der Waals surface area (Å²) < 4.78 is 22.8. The van der Waals surface area contributed by atoms with E-state index in [1.807, 2.05) is 13.8 Å². The Labute approximate surface area is 268 Å². The molecule has 0 aromatic rings. The van der Waals surface area contributed by atoms with Crippen molar-refractivity contribution in [2.75, 3.05) is 6.61 Å². The van der Waals surface area contributed by atoms with E-state index in [4.69, 9.17) is 24.7 Å². The number of allylic oxidation sites excluding steroid dienone is 1. The first-order valence-corrected chi connectivity index (χ1v) is 15.9. The highest BCUT2D eigenvalue weighted by atomic mass is 16.7. The van der Waals surface area contributed by atoms with Crippen molar-refractivity contribution in [2.24, 2.45) is 23.5 Å². The zero-order chi connectivity index (χ0) is 34.7. The molecule has 3 fully saturated rings. The van der Waals surface area contributed by atoms with Crippen LogP contribution in [0.4, 0.5) is 0 Å². The number of nitrogens with one attached hydrogen (secondary N) is 1. The van der Waals surface area contributed by atoms with Crippen LogP contribution in [0.2, 0.25) is 0 Å². The Morgan fingerprint density at radius 2 is 1.65 bits per heavy atom. The summed E-state index contributed by atoms with van der Waals surface area (Å²) in [5.41, 5.74) is 5.98. The molecule has 0 aromatic heterocycles. The van der Waals surface area contributed by atoms with Crippen molar-refractivity contribution in [1.29, 1.82) is 0 Å². The highest BCUT2D eigenvalue weighted by Gasteiger charge is 2.52. The second-order valence-corrected chi connectivity index (χ2v) is 13.5. The third-order valence-electron chi connectivity index (χ3n) is 8.91. The predicted molar refractivity (Wildman–Crippen MR) is 159 cm³/mol. The molecule has 1 amide bonds. The average molecular weight is 667 g/mol. The summed E-state index contributed by atoms with van der Waals surface area (Å²) >= 11 is 0. The molecule has 268 valence electrons. The SMILES string of the molecule is CC(C)/C=C/[C@@H](CC1O[C@](O)(C[C@@H](O)C(C)C)C[C@H](O)[C@H]1C(=O)NC1C(O)C(O)OC(CO)C1O)OC1OC(C)C(O)C(N)C1O. The van der Waals surface area contributed by atoms with E-state index in [1.54, 1.807) is 32.9 Å². The van der Waals surface area contributed by atoms with Crippen LogP contribution in [0.3, 0.4) is 0 Å². The molecule has 0 bridgehead atoms. The van der Waals surface area contributed by atoms with Crippen molar-refractivity contribution in [2.45, 2.75) is 145 Å². The molecule has 0 saturated carbocycles. The Balaban J connectivity index is 1.94. The standard InChI is InChI=1S/C30H54N2O14/c1-12(2)6-7-15(44-29-25(38)21(31)23(36)14(5)43-29)8-18-20(17(35)10-30(42,46-18)9-16(34)13(3)4)27(40)32-22-24(37)19(11-33)45-28(41)26(22)39/h6-7,12-26,28-29,33-39,41-42H,8-11,31H2,1-5H3,(H,32,40)/b7-6+/t14?,15-,16+,17-,18?,19?,20+,21?,22?,23?,24?,25?,26?,28?,29?,30+/m0/s1. The van der Waals surface area contributed by atoms with E-state index < -0.39 is 116 Å². The molecule has 3 saturated heterocycles. The van der Waals surface area contributed by atoms with Crippen LogP contribution < -0.4 is 11.1 Å². The summed E-state index contributed by atoms with van der Waals surface area (Å²) in [4.78, 5) is 13.8. The number of carbonyl (C=O) groups excluding carboxylic acids is 1. The number of nitrogens with two attached hydrogens (primary N) is 1. The lowest BCUT2D eigenvalue weighted by Gasteiger charge is -2.47. The number of ether oxygens (including phenoxy) is 4. The maximum absolute atomic E-state index is 13.8. The van der Waals surface area contributed by atoms with Crippen molar-refractivity contribution in [3.8, 4) is 0 Å². The lowest BCUT2D eigenvalue weighted by molar-refractivity contribution is -0.308. The maximum Gasteiger partial charge on any atom is 0.228 e. The normalized spacial score (nSPS) is 43.6. The zero-order valence-corrected chi connectivity index (χ0v) is 26.9. The van der Waals surface area contributed by atoms with E-state index >= 15 is 0 Å². The number of hydrogen-bond acceptors (Lipinski definition) is 15. The van der Waals surface area contributed by atoms with Crippen LogP contribution in [0.5, 0.6) is 0 Å². The fraction of sp³-hybridized carbons (Fsp3) is 0.900. The molecule has 12 N–H and O–H groups in total. The summed E-state index contributed by atoms with van der Waals surface area (Å²) in [6, 6.07) is -2.61. The Bertz CT molecular complexity index is 1000. The minimum atomic E-state index is -2.07. The Hall–Kier alpha value is -1.35. The number of aliphatic hydroxyl groups excluding tert-OH is 8. The smallest absolute Gasteiger partial charge is 0.228 e. The van der Waals surface area contributed by atoms with Crippen molar-refractivity contribution < 1.29 is 69.7 Å². The van der Waals surface area contributed by atoms with Crippen LogP contribution in [0.15, 0.2) is 12.2 Å². The number of amides is 1. The molecule has 16 nitrogen and oxygen atoms in total. The molecule has 0 radical (unpaired) electrons.